The van der Waals surface area contributed by atoms with Crippen LogP contribution in [0.1, 0.15) is 0 Å². The van der Waals surface area contributed by atoms with E-state index in [0.29, 0.717) is 0 Å². The molecule has 2 rings (SSSR count). The van der Waals surface area contributed by atoms with Gasteiger partial charge in [0.1, 0.15) is 10.4 Å². The maximum atomic E-state index is 11.6. The molecule has 1 heterocycles. The SMILES string of the molecule is O=S1(=O)C(Br)=CN=C1COc1ccccc1O. The fraction of sp³-hybridized carbons (Fsp3) is 0.100. The minimum Gasteiger partial charge on any atom is -0.504 e. The van der Waals surface area contributed by atoms with Crippen molar-refractivity contribution in [2.75, 3.05) is 6.61 Å². The molecule has 5 nitrogen and oxygen atoms in total. The quantitative estimate of drug-likeness (QED) is 0.922. The van der Waals surface area contributed by atoms with E-state index in [4.69, 9.17) is 4.74 Å². The Hall–Kier alpha value is -1.34. The lowest BCUT2D eigenvalue weighted by atomic mass is 10.3. The molecule has 1 aliphatic rings. The third-order valence-corrected chi connectivity index (χ3v) is 5.04. The first-order chi connectivity index (χ1) is 8.01. The Balaban J connectivity index is 2.10. The number of phenolic OH excluding ortho intramolecular Hbond substituents is 1. The van der Waals surface area contributed by atoms with Gasteiger partial charge in [-0.05, 0) is 28.1 Å². The average Bonchev–Trinajstić information content (AvgIpc) is 2.54. The Morgan fingerprint density at radius 3 is 2.65 bits per heavy atom. The van der Waals surface area contributed by atoms with Gasteiger partial charge in [-0.1, -0.05) is 12.1 Å². The molecule has 0 spiro atoms. The van der Waals surface area contributed by atoms with Crippen molar-refractivity contribution in [2.24, 2.45) is 4.99 Å². The normalized spacial score (nSPS) is 17.5. The minimum atomic E-state index is -3.53. The van der Waals surface area contributed by atoms with Crippen molar-refractivity contribution in [3.05, 3.63) is 34.3 Å². The molecule has 1 N–H and O–H groups in total. The summed E-state index contributed by atoms with van der Waals surface area (Å²) in [4.78, 5) is 3.73. The van der Waals surface area contributed by atoms with Crippen LogP contribution in [0.25, 0.3) is 0 Å². The number of ether oxygens (including phenoxy) is 1. The van der Waals surface area contributed by atoms with Crippen LogP contribution >= 0.6 is 15.9 Å². The molecular formula is C10H8BrNO4S. The van der Waals surface area contributed by atoms with Crippen LogP contribution in [-0.2, 0) is 9.84 Å². The fourth-order valence-electron chi connectivity index (χ4n) is 1.21. The van der Waals surface area contributed by atoms with Crippen LogP contribution in [-0.4, -0.2) is 25.2 Å². The summed E-state index contributed by atoms with van der Waals surface area (Å²) in [6.07, 6.45) is 1.21. The van der Waals surface area contributed by atoms with Crippen molar-refractivity contribution >= 4 is 30.8 Å². The van der Waals surface area contributed by atoms with Gasteiger partial charge in [0.2, 0.25) is 9.84 Å². The number of aliphatic imine (C=N–C) groups is 1. The van der Waals surface area contributed by atoms with Gasteiger partial charge in [0, 0.05) is 0 Å². The molecule has 0 unspecified atom stereocenters. The topological polar surface area (TPSA) is 76.0 Å². The van der Waals surface area contributed by atoms with Crippen molar-refractivity contribution in [1.29, 1.82) is 0 Å². The molecule has 17 heavy (non-hydrogen) atoms. The highest BCUT2D eigenvalue weighted by molar-refractivity contribution is 9.14. The van der Waals surface area contributed by atoms with E-state index in [1.165, 1.54) is 12.3 Å². The first kappa shape index (κ1) is 12.1. The number of phenols is 1. The molecule has 0 atom stereocenters. The van der Waals surface area contributed by atoms with Gasteiger partial charge in [-0.2, -0.15) is 0 Å². The first-order valence-corrected chi connectivity index (χ1v) is 6.87. The molecule has 0 amide bonds. The molecule has 0 bridgehead atoms. The molecule has 1 aliphatic heterocycles. The van der Waals surface area contributed by atoms with Crippen molar-refractivity contribution in [3.63, 3.8) is 0 Å². The van der Waals surface area contributed by atoms with E-state index < -0.39 is 9.84 Å². The minimum absolute atomic E-state index is 0.0147. The molecular weight excluding hydrogens is 310 g/mol. The van der Waals surface area contributed by atoms with Gasteiger partial charge in [-0.3, -0.25) is 0 Å². The highest BCUT2D eigenvalue weighted by atomic mass is 79.9. The lowest BCUT2D eigenvalue weighted by Crippen LogP contribution is -2.19. The average molecular weight is 318 g/mol. The number of benzene rings is 1. The Labute approximate surface area is 106 Å². The van der Waals surface area contributed by atoms with Crippen LogP contribution < -0.4 is 4.74 Å². The largest absolute Gasteiger partial charge is 0.504 e. The van der Waals surface area contributed by atoms with E-state index in [-0.39, 0.29) is 27.0 Å². The van der Waals surface area contributed by atoms with E-state index in [9.17, 15) is 13.5 Å². The second-order valence-corrected chi connectivity index (χ2v) is 6.51. The zero-order chi connectivity index (χ0) is 12.5. The number of hydrogen-bond acceptors (Lipinski definition) is 5. The zero-order valence-corrected chi connectivity index (χ0v) is 10.9. The van der Waals surface area contributed by atoms with E-state index in [2.05, 4.69) is 20.9 Å². The number of hydrogen-bond donors (Lipinski definition) is 1. The highest BCUT2D eigenvalue weighted by Crippen LogP contribution is 2.26. The second kappa shape index (κ2) is 4.50. The standard InChI is InChI=1S/C10H8BrNO4S/c11-9-5-12-10(17(9,14)15)6-16-8-4-2-1-3-7(8)13/h1-5,13H,6H2. The number of halogens is 1. The van der Waals surface area contributed by atoms with Gasteiger partial charge >= 0.3 is 0 Å². The van der Waals surface area contributed by atoms with E-state index in [0.717, 1.165) is 0 Å². The van der Waals surface area contributed by atoms with Crippen molar-refractivity contribution in [3.8, 4) is 11.5 Å². The van der Waals surface area contributed by atoms with Gasteiger partial charge in [0.05, 0.1) is 6.20 Å². The van der Waals surface area contributed by atoms with Crippen LogP contribution in [0, 0.1) is 0 Å². The molecule has 0 saturated carbocycles. The Kier molecular flexibility index (Phi) is 3.21. The molecule has 0 aliphatic carbocycles. The van der Waals surface area contributed by atoms with Crippen LogP contribution in [0.3, 0.4) is 0 Å². The van der Waals surface area contributed by atoms with E-state index in [1.54, 1.807) is 18.2 Å². The lowest BCUT2D eigenvalue weighted by molar-refractivity contribution is 0.348. The number of nitrogens with zero attached hydrogens (tertiary/aromatic N) is 1. The summed E-state index contributed by atoms with van der Waals surface area (Å²) in [6, 6.07) is 6.31. The number of para-hydroxylation sites is 2. The summed E-state index contributed by atoms with van der Waals surface area (Å²) < 4.78 is 28.4. The highest BCUT2D eigenvalue weighted by Gasteiger charge is 2.28. The maximum Gasteiger partial charge on any atom is 0.231 e. The molecule has 0 fully saturated rings. The lowest BCUT2D eigenvalue weighted by Gasteiger charge is -2.07. The molecule has 7 heteroatoms. The number of rotatable bonds is 3. The summed E-state index contributed by atoms with van der Waals surface area (Å²) in [7, 11) is -3.53. The van der Waals surface area contributed by atoms with Crippen molar-refractivity contribution in [2.45, 2.75) is 0 Å². The fourth-order valence-corrected chi connectivity index (χ4v) is 2.69. The number of sulfone groups is 1. The van der Waals surface area contributed by atoms with Crippen molar-refractivity contribution < 1.29 is 18.3 Å². The third kappa shape index (κ3) is 2.34. The molecule has 0 saturated heterocycles. The van der Waals surface area contributed by atoms with Crippen LogP contribution in [0.5, 0.6) is 11.5 Å². The predicted molar refractivity (Wildman–Crippen MR) is 67.0 cm³/mol. The third-order valence-electron chi connectivity index (χ3n) is 2.09. The summed E-state index contributed by atoms with van der Waals surface area (Å²) >= 11 is 2.89. The summed E-state index contributed by atoms with van der Waals surface area (Å²) in [6.45, 7) is -0.217. The Bertz CT molecular complexity index is 606. The summed E-state index contributed by atoms with van der Waals surface area (Å²) in [5.41, 5.74) is 0. The van der Waals surface area contributed by atoms with Crippen molar-refractivity contribution in [1.82, 2.24) is 0 Å². The summed E-state index contributed by atoms with van der Waals surface area (Å²) in [5, 5.41) is 9.34. The molecule has 0 aromatic heterocycles. The van der Waals surface area contributed by atoms with Gasteiger partial charge < -0.3 is 9.84 Å². The van der Waals surface area contributed by atoms with Gasteiger partial charge in [-0.25, -0.2) is 13.4 Å². The van der Waals surface area contributed by atoms with Crippen LogP contribution in [0.4, 0.5) is 0 Å². The molecule has 90 valence electrons. The molecule has 0 radical (unpaired) electrons. The zero-order valence-electron chi connectivity index (χ0n) is 8.50. The monoisotopic (exact) mass is 317 g/mol. The van der Waals surface area contributed by atoms with E-state index in [1.807, 2.05) is 0 Å². The second-order valence-electron chi connectivity index (χ2n) is 3.22. The van der Waals surface area contributed by atoms with Gasteiger partial charge in [0.15, 0.2) is 16.5 Å². The Morgan fingerprint density at radius 1 is 1.35 bits per heavy atom. The molecule has 1 aromatic carbocycles. The van der Waals surface area contributed by atoms with Gasteiger partial charge in [0.25, 0.3) is 0 Å². The predicted octanol–water partition coefficient (Wildman–Crippen LogP) is 1.79. The van der Waals surface area contributed by atoms with Crippen LogP contribution in [0.2, 0.25) is 0 Å². The van der Waals surface area contributed by atoms with E-state index >= 15 is 0 Å². The molecule has 1 aromatic rings. The number of aromatic hydroxyl groups is 1. The smallest absolute Gasteiger partial charge is 0.231 e. The Morgan fingerprint density at radius 2 is 2.06 bits per heavy atom. The maximum absolute atomic E-state index is 11.6. The van der Waals surface area contributed by atoms with Crippen LogP contribution in [0.15, 0.2) is 39.3 Å². The summed E-state index contributed by atoms with van der Waals surface area (Å²) in [5.74, 6) is 0.170. The van der Waals surface area contributed by atoms with Gasteiger partial charge in [-0.15, -0.1) is 0 Å². The first-order valence-electron chi connectivity index (χ1n) is 4.60.